The molecule has 1 heterocycles. The third-order valence-corrected chi connectivity index (χ3v) is 5.86. The van der Waals surface area contributed by atoms with Gasteiger partial charge in [-0.05, 0) is 53.6 Å². The SMILES string of the molecule is CN(C)c1ccc(C2=NOC(CN(Cc3cccc(C(F)(F)F)c3)C(=O)c3cccc(F)c3)C2)cc1. The highest BCUT2D eigenvalue weighted by atomic mass is 19.4. The minimum absolute atomic E-state index is 0.0639. The average molecular weight is 500 g/mol. The Morgan fingerprint density at radius 2 is 1.75 bits per heavy atom. The average Bonchev–Trinajstić information content (AvgIpc) is 3.31. The predicted octanol–water partition coefficient (Wildman–Crippen LogP) is 5.75. The van der Waals surface area contributed by atoms with Crippen molar-refractivity contribution in [3.05, 3.63) is 101 Å². The Labute approximate surface area is 206 Å². The first-order valence-corrected chi connectivity index (χ1v) is 11.3. The van der Waals surface area contributed by atoms with Gasteiger partial charge < -0.3 is 14.6 Å². The van der Waals surface area contributed by atoms with E-state index in [9.17, 15) is 22.4 Å². The van der Waals surface area contributed by atoms with Crippen molar-refractivity contribution in [2.24, 2.45) is 5.16 Å². The van der Waals surface area contributed by atoms with Gasteiger partial charge in [0.25, 0.3) is 5.91 Å². The lowest BCUT2D eigenvalue weighted by Gasteiger charge is -2.25. The summed E-state index contributed by atoms with van der Waals surface area (Å²) in [5, 5.41) is 4.17. The van der Waals surface area contributed by atoms with Crippen molar-refractivity contribution in [1.82, 2.24) is 4.90 Å². The van der Waals surface area contributed by atoms with E-state index in [-0.39, 0.29) is 18.7 Å². The largest absolute Gasteiger partial charge is 0.416 e. The molecule has 5 nitrogen and oxygen atoms in total. The van der Waals surface area contributed by atoms with Crippen LogP contribution in [0.2, 0.25) is 0 Å². The van der Waals surface area contributed by atoms with E-state index in [1.807, 2.05) is 43.3 Å². The number of hydrogen-bond donors (Lipinski definition) is 0. The highest BCUT2D eigenvalue weighted by molar-refractivity contribution is 6.01. The Bertz CT molecular complexity index is 1260. The summed E-state index contributed by atoms with van der Waals surface area (Å²) in [6.45, 7) is -0.0413. The monoisotopic (exact) mass is 499 g/mol. The summed E-state index contributed by atoms with van der Waals surface area (Å²) >= 11 is 0. The van der Waals surface area contributed by atoms with Crippen molar-refractivity contribution < 1.29 is 27.2 Å². The number of benzene rings is 3. The van der Waals surface area contributed by atoms with Crippen LogP contribution >= 0.6 is 0 Å². The van der Waals surface area contributed by atoms with Crippen molar-refractivity contribution in [3.63, 3.8) is 0 Å². The first-order valence-electron chi connectivity index (χ1n) is 11.3. The zero-order valence-electron chi connectivity index (χ0n) is 19.8. The molecule has 0 spiro atoms. The van der Waals surface area contributed by atoms with Crippen LogP contribution < -0.4 is 4.90 Å². The molecule has 4 rings (SSSR count). The number of amides is 1. The van der Waals surface area contributed by atoms with Gasteiger partial charge in [-0.25, -0.2) is 4.39 Å². The topological polar surface area (TPSA) is 45.1 Å². The third-order valence-electron chi connectivity index (χ3n) is 5.86. The summed E-state index contributed by atoms with van der Waals surface area (Å²) in [6.07, 6.45) is -4.60. The van der Waals surface area contributed by atoms with Crippen molar-refractivity contribution >= 4 is 17.3 Å². The van der Waals surface area contributed by atoms with Crippen molar-refractivity contribution in [1.29, 1.82) is 0 Å². The fourth-order valence-electron chi connectivity index (χ4n) is 3.98. The first-order chi connectivity index (χ1) is 17.1. The van der Waals surface area contributed by atoms with Gasteiger partial charge in [0.15, 0.2) is 6.10 Å². The number of rotatable bonds is 7. The third kappa shape index (κ3) is 6.02. The molecular formula is C27H25F4N3O2. The molecule has 188 valence electrons. The second-order valence-corrected chi connectivity index (χ2v) is 8.80. The van der Waals surface area contributed by atoms with E-state index in [0.717, 1.165) is 29.4 Å². The van der Waals surface area contributed by atoms with Gasteiger partial charge in [0.2, 0.25) is 0 Å². The highest BCUT2D eigenvalue weighted by Crippen LogP contribution is 2.30. The molecule has 0 aromatic heterocycles. The molecule has 0 fully saturated rings. The zero-order chi connectivity index (χ0) is 25.9. The molecule has 9 heteroatoms. The fraction of sp³-hybridized carbons (Fsp3) is 0.259. The first kappa shape index (κ1) is 25.2. The zero-order valence-corrected chi connectivity index (χ0v) is 19.8. The standard InChI is InChI=1S/C27H25F4N3O2/c1-33(2)23-11-9-19(10-12-23)25-15-24(36-32-25)17-34(26(35)20-6-4-8-22(28)14-20)16-18-5-3-7-21(13-18)27(29,30)31/h3-14,24H,15-17H2,1-2H3. The maximum atomic E-state index is 13.8. The number of hydrogen-bond acceptors (Lipinski definition) is 4. The molecule has 36 heavy (non-hydrogen) atoms. The summed E-state index contributed by atoms with van der Waals surface area (Å²) in [5.74, 6) is -1.09. The molecule has 0 N–H and O–H groups in total. The second kappa shape index (κ2) is 10.4. The van der Waals surface area contributed by atoms with Gasteiger partial charge >= 0.3 is 6.18 Å². The Hall–Kier alpha value is -3.88. The van der Waals surface area contributed by atoms with Crippen molar-refractivity contribution in [2.75, 3.05) is 25.5 Å². The number of oxime groups is 1. The quantitative estimate of drug-likeness (QED) is 0.389. The maximum absolute atomic E-state index is 13.8. The Kier molecular flexibility index (Phi) is 7.28. The van der Waals surface area contributed by atoms with Crippen molar-refractivity contribution in [3.8, 4) is 0 Å². The number of nitrogens with zero attached hydrogens (tertiary/aromatic N) is 3. The normalized spacial score (nSPS) is 15.3. The molecule has 1 aliphatic heterocycles. The number of carbonyl (C=O) groups is 1. The minimum atomic E-state index is -4.51. The summed E-state index contributed by atoms with van der Waals surface area (Å²) in [7, 11) is 3.88. The number of alkyl halides is 3. The van der Waals surface area contributed by atoms with E-state index in [1.165, 1.54) is 35.2 Å². The van der Waals surface area contributed by atoms with E-state index in [0.29, 0.717) is 17.7 Å². The Morgan fingerprint density at radius 1 is 1.03 bits per heavy atom. The van der Waals surface area contributed by atoms with Gasteiger partial charge in [-0.3, -0.25) is 4.79 Å². The summed E-state index contributed by atoms with van der Waals surface area (Å²) in [6, 6.07) is 17.8. The summed E-state index contributed by atoms with van der Waals surface area (Å²) in [5.41, 5.74) is 2.21. The van der Waals surface area contributed by atoms with Crippen LogP contribution in [-0.2, 0) is 17.6 Å². The molecule has 3 aromatic rings. The lowest BCUT2D eigenvalue weighted by Crippen LogP contribution is -2.37. The minimum Gasteiger partial charge on any atom is -0.390 e. The lowest BCUT2D eigenvalue weighted by molar-refractivity contribution is -0.137. The smallest absolute Gasteiger partial charge is 0.390 e. The highest BCUT2D eigenvalue weighted by Gasteiger charge is 2.31. The summed E-state index contributed by atoms with van der Waals surface area (Å²) < 4.78 is 53.4. The second-order valence-electron chi connectivity index (χ2n) is 8.80. The maximum Gasteiger partial charge on any atom is 0.416 e. The molecule has 0 radical (unpaired) electrons. The molecule has 1 aliphatic rings. The molecule has 1 amide bonds. The predicted molar refractivity (Wildman–Crippen MR) is 129 cm³/mol. The lowest BCUT2D eigenvalue weighted by atomic mass is 10.0. The molecule has 0 bridgehead atoms. The van der Waals surface area contributed by atoms with E-state index >= 15 is 0 Å². The molecular weight excluding hydrogens is 474 g/mol. The molecule has 0 saturated carbocycles. The van der Waals surface area contributed by atoms with Gasteiger partial charge in [-0.15, -0.1) is 0 Å². The number of halogens is 4. The van der Waals surface area contributed by atoms with Gasteiger partial charge in [0.05, 0.1) is 17.8 Å². The molecule has 3 aromatic carbocycles. The van der Waals surface area contributed by atoms with Crippen LogP contribution in [0.4, 0.5) is 23.2 Å². The van der Waals surface area contributed by atoms with Crippen LogP contribution in [0.3, 0.4) is 0 Å². The van der Waals surface area contributed by atoms with Gasteiger partial charge in [-0.2, -0.15) is 13.2 Å². The van der Waals surface area contributed by atoms with E-state index in [2.05, 4.69) is 5.16 Å². The van der Waals surface area contributed by atoms with E-state index in [1.54, 1.807) is 0 Å². The van der Waals surface area contributed by atoms with Gasteiger partial charge in [0.1, 0.15) is 5.82 Å². The van der Waals surface area contributed by atoms with E-state index in [4.69, 9.17) is 4.84 Å². The fourth-order valence-corrected chi connectivity index (χ4v) is 3.98. The summed E-state index contributed by atoms with van der Waals surface area (Å²) in [4.78, 5) is 22.2. The van der Waals surface area contributed by atoms with Crippen LogP contribution in [0.5, 0.6) is 0 Å². The Balaban J connectivity index is 1.53. The molecule has 1 unspecified atom stereocenters. The van der Waals surface area contributed by atoms with Crippen LogP contribution in [0, 0.1) is 5.82 Å². The Morgan fingerprint density at radius 3 is 2.42 bits per heavy atom. The van der Waals surface area contributed by atoms with E-state index < -0.39 is 29.6 Å². The molecule has 0 aliphatic carbocycles. The van der Waals surface area contributed by atoms with Crippen LogP contribution in [0.25, 0.3) is 0 Å². The van der Waals surface area contributed by atoms with Crippen LogP contribution in [-0.4, -0.2) is 43.3 Å². The van der Waals surface area contributed by atoms with Gasteiger partial charge in [0, 0.05) is 38.3 Å². The van der Waals surface area contributed by atoms with Gasteiger partial charge in [-0.1, -0.05) is 35.5 Å². The molecule has 0 saturated heterocycles. The van der Waals surface area contributed by atoms with Crippen LogP contribution in [0.15, 0.2) is 78.0 Å². The number of anilines is 1. The van der Waals surface area contributed by atoms with Crippen LogP contribution in [0.1, 0.15) is 33.5 Å². The molecule has 1 atom stereocenters. The van der Waals surface area contributed by atoms with Crippen molar-refractivity contribution in [2.45, 2.75) is 25.2 Å². The number of carbonyl (C=O) groups excluding carboxylic acids is 1.